The zero-order valence-corrected chi connectivity index (χ0v) is 16.9. The molecule has 6 nitrogen and oxygen atoms in total. The van der Waals surface area contributed by atoms with E-state index in [0.717, 1.165) is 15.7 Å². The summed E-state index contributed by atoms with van der Waals surface area (Å²) in [7, 11) is 0. The van der Waals surface area contributed by atoms with Crippen molar-refractivity contribution in [1.82, 2.24) is 10.2 Å². The highest BCUT2D eigenvalue weighted by atomic mass is 79.9. The van der Waals surface area contributed by atoms with Gasteiger partial charge >= 0.3 is 0 Å². The number of aryl methyl sites for hydroxylation is 2. The molecule has 2 aromatic carbocycles. The van der Waals surface area contributed by atoms with Crippen LogP contribution in [0.2, 0.25) is 0 Å². The topological polar surface area (TPSA) is 84.0 Å². The van der Waals surface area contributed by atoms with Crippen molar-refractivity contribution in [3.8, 4) is 0 Å². The summed E-state index contributed by atoms with van der Waals surface area (Å²) in [5.74, 6) is -0.415. The number of nitrogens with zero attached hydrogens (tertiary/aromatic N) is 2. The Bertz CT molecular complexity index is 959. The number of hydrogen-bond acceptors (Lipinski definition) is 5. The van der Waals surface area contributed by atoms with Gasteiger partial charge in [0.05, 0.1) is 0 Å². The summed E-state index contributed by atoms with van der Waals surface area (Å²) >= 11 is 4.62. The second kappa shape index (κ2) is 8.88. The van der Waals surface area contributed by atoms with Crippen LogP contribution in [0.3, 0.4) is 0 Å². The van der Waals surface area contributed by atoms with Gasteiger partial charge in [-0.3, -0.25) is 9.59 Å². The number of para-hydroxylation sites is 1. The molecule has 8 heteroatoms. The summed E-state index contributed by atoms with van der Waals surface area (Å²) in [4.78, 5) is 24.3. The molecule has 0 saturated carbocycles. The molecule has 3 aromatic rings. The van der Waals surface area contributed by atoms with Crippen molar-refractivity contribution >= 4 is 50.5 Å². The zero-order valence-electron chi connectivity index (χ0n) is 14.5. The SMILES string of the molecule is Cc1cc(NC(=O)CCc2nnc(C(=O)Nc3ccccc3)s2)ccc1Br. The third-order valence-electron chi connectivity index (χ3n) is 3.70. The summed E-state index contributed by atoms with van der Waals surface area (Å²) in [5.41, 5.74) is 2.50. The number of rotatable bonds is 6. The molecule has 0 aliphatic rings. The molecule has 2 N–H and O–H groups in total. The van der Waals surface area contributed by atoms with Crippen LogP contribution in [0.1, 0.15) is 26.8 Å². The molecule has 0 atom stereocenters. The van der Waals surface area contributed by atoms with E-state index >= 15 is 0 Å². The quantitative estimate of drug-likeness (QED) is 0.588. The van der Waals surface area contributed by atoms with Gasteiger partial charge in [0.15, 0.2) is 0 Å². The standard InChI is InChI=1S/C19H17BrN4O2S/c1-12-11-14(7-8-15(12)20)21-16(25)9-10-17-23-24-19(27-17)18(26)22-13-5-3-2-4-6-13/h2-8,11H,9-10H2,1H3,(H,21,25)(H,22,26). The number of carbonyl (C=O) groups excluding carboxylic acids is 2. The van der Waals surface area contributed by atoms with E-state index in [1.807, 2.05) is 43.3 Å². The number of benzene rings is 2. The third-order valence-corrected chi connectivity index (χ3v) is 5.57. The number of carbonyl (C=O) groups is 2. The van der Waals surface area contributed by atoms with E-state index in [1.165, 1.54) is 11.3 Å². The molecule has 0 unspecified atom stereocenters. The fourth-order valence-corrected chi connectivity index (χ4v) is 3.30. The average Bonchev–Trinajstić information content (AvgIpc) is 3.13. The summed E-state index contributed by atoms with van der Waals surface area (Å²) in [6, 6.07) is 14.8. The van der Waals surface area contributed by atoms with E-state index in [-0.39, 0.29) is 23.2 Å². The Labute approximate surface area is 169 Å². The lowest BCUT2D eigenvalue weighted by Crippen LogP contribution is -2.12. The maximum atomic E-state index is 12.2. The molecule has 0 radical (unpaired) electrons. The van der Waals surface area contributed by atoms with Crippen LogP contribution in [0, 0.1) is 6.92 Å². The van der Waals surface area contributed by atoms with E-state index in [1.54, 1.807) is 12.1 Å². The first kappa shape index (κ1) is 19.2. The highest BCUT2D eigenvalue weighted by Crippen LogP contribution is 2.20. The molecule has 0 fully saturated rings. The highest BCUT2D eigenvalue weighted by molar-refractivity contribution is 9.10. The van der Waals surface area contributed by atoms with Gasteiger partial charge in [0.2, 0.25) is 10.9 Å². The summed E-state index contributed by atoms with van der Waals surface area (Å²) < 4.78 is 0.996. The molecule has 0 aliphatic carbocycles. The largest absolute Gasteiger partial charge is 0.326 e. The van der Waals surface area contributed by atoms with Crippen LogP contribution in [-0.2, 0) is 11.2 Å². The van der Waals surface area contributed by atoms with Crippen LogP contribution in [0.25, 0.3) is 0 Å². The normalized spacial score (nSPS) is 10.4. The Hall–Kier alpha value is -2.58. The second-order valence-corrected chi connectivity index (χ2v) is 7.75. The number of amides is 2. The first-order valence-electron chi connectivity index (χ1n) is 8.26. The molecule has 0 aliphatic heterocycles. The van der Waals surface area contributed by atoms with Crippen LogP contribution in [-0.4, -0.2) is 22.0 Å². The monoisotopic (exact) mass is 444 g/mol. The first-order valence-corrected chi connectivity index (χ1v) is 9.87. The molecule has 1 aromatic heterocycles. The Morgan fingerprint density at radius 3 is 2.56 bits per heavy atom. The molecule has 27 heavy (non-hydrogen) atoms. The fourth-order valence-electron chi connectivity index (χ4n) is 2.32. The maximum Gasteiger partial charge on any atom is 0.286 e. The van der Waals surface area contributed by atoms with Gasteiger partial charge in [-0.15, -0.1) is 10.2 Å². The average molecular weight is 445 g/mol. The van der Waals surface area contributed by atoms with Crippen LogP contribution < -0.4 is 10.6 Å². The van der Waals surface area contributed by atoms with E-state index in [0.29, 0.717) is 17.1 Å². The minimum absolute atomic E-state index is 0.109. The van der Waals surface area contributed by atoms with Crippen molar-refractivity contribution in [2.24, 2.45) is 0 Å². The van der Waals surface area contributed by atoms with E-state index in [4.69, 9.17) is 0 Å². The van der Waals surface area contributed by atoms with Gasteiger partial charge in [-0.25, -0.2) is 0 Å². The molecule has 0 bridgehead atoms. The van der Waals surface area contributed by atoms with Crippen molar-refractivity contribution in [1.29, 1.82) is 0 Å². The van der Waals surface area contributed by atoms with E-state index < -0.39 is 0 Å². The minimum atomic E-state index is -0.306. The van der Waals surface area contributed by atoms with Crippen molar-refractivity contribution in [3.05, 3.63) is 68.6 Å². The van der Waals surface area contributed by atoms with Gasteiger partial charge in [-0.1, -0.05) is 45.5 Å². The van der Waals surface area contributed by atoms with Crippen molar-refractivity contribution in [2.45, 2.75) is 19.8 Å². The fraction of sp³-hybridized carbons (Fsp3) is 0.158. The number of halogens is 1. The van der Waals surface area contributed by atoms with Crippen molar-refractivity contribution in [3.63, 3.8) is 0 Å². The zero-order chi connectivity index (χ0) is 19.2. The van der Waals surface area contributed by atoms with Crippen molar-refractivity contribution < 1.29 is 9.59 Å². The molecule has 0 spiro atoms. The Morgan fingerprint density at radius 1 is 1.04 bits per heavy atom. The molecular formula is C19H17BrN4O2S. The van der Waals surface area contributed by atoms with Crippen molar-refractivity contribution in [2.75, 3.05) is 10.6 Å². The van der Waals surface area contributed by atoms with Gasteiger partial charge in [-0.05, 0) is 42.8 Å². The van der Waals surface area contributed by atoms with Crippen LogP contribution in [0.4, 0.5) is 11.4 Å². The molecule has 1 heterocycles. The molecular weight excluding hydrogens is 428 g/mol. The molecule has 3 rings (SSSR count). The van der Waals surface area contributed by atoms with Gasteiger partial charge < -0.3 is 10.6 Å². The minimum Gasteiger partial charge on any atom is -0.326 e. The Kier molecular flexibility index (Phi) is 6.31. The number of aromatic nitrogens is 2. The summed E-state index contributed by atoms with van der Waals surface area (Å²) in [5, 5.41) is 14.5. The van der Waals surface area contributed by atoms with Crippen LogP contribution >= 0.6 is 27.3 Å². The maximum absolute atomic E-state index is 12.2. The molecule has 138 valence electrons. The van der Waals surface area contributed by atoms with E-state index in [9.17, 15) is 9.59 Å². The molecule has 0 saturated heterocycles. The van der Waals surface area contributed by atoms with Crippen LogP contribution in [0.5, 0.6) is 0 Å². The van der Waals surface area contributed by atoms with Crippen LogP contribution in [0.15, 0.2) is 53.0 Å². The summed E-state index contributed by atoms with van der Waals surface area (Å²) in [6.07, 6.45) is 0.696. The number of nitrogens with one attached hydrogen (secondary N) is 2. The lowest BCUT2D eigenvalue weighted by atomic mass is 10.2. The van der Waals surface area contributed by atoms with Gasteiger partial charge in [0.25, 0.3) is 5.91 Å². The predicted molar refractivity (Wildman–Crippen MR) is 110 cm³/mol. The smallest absolute Gasteiger partial charge is 0.286 e. The van der Waals surface area contributed by atoms with Gasteiger partial charge in [0.1, 0.15) is 5.01 Å². The van der Waals surface area contributed by atoms with E-state index in [2.05, 4.69) is 36.8 Å². The molecule has 2 amide bonds. The third kappa shape index (κ3) is 5.45. The number of hydrogen-bond donors (Lipinski definition) is 2. The lowest BCUT2D eigenvalue weighted by Gasteiger charge is -2.06. The second-order valence-electron chi connectivity index (χ2n) is 5.83. The lowest BCUT2D eigenvalue weighted by molar-refractivity contribution is -0.116. The summed E-state index contributed by atoms with van der Waals surface area (Å²) in [6.45, 7) is 1.96. The Balaban J connectivity index is 1.52. The Morgan fingerprint density at radius 2 is 1.81 bits per heavy atom. The van der Waals surface area contributed by atoms with Gasteiger partial charge in [-0.2, -0.15) is 0 Å². The van der Waals surface area contributed by atoms with Gasteiger partial charge in [0, 0.05) is 28.7 Å². The first-order chi connectivity index (χ1) is 13.0. The highest BCUT2D eigenvalue weighted by Gasteiger charge is 2.14. The number of anilines is 2. The predicted octanol–water partition coefficient (Wildman–Crippen LogP) is 4.43.